The molecule has 0 spiro atoms. The van der Waals surface area contributed by atoms with Gasteiger partial charge in [-0.05, 0) is 27.4 Å². The molecule has 0 aliphatic heterocycles. The average molecular weight is 279 g/mol. The highest BCUT2D eigenvalue weighted by molar-refractivity contribution is 5.92. The predicted molar refractivity (Wildman–Crippen MR) is 80.9 cm³/mol. The van der Waals surface area contributed by atoms with Crippen LogP contribution in [0.5, 0.6) is 0 Å². The fraction of sp³-hybridized carbons (Fsp3) is 0.643. The molecule has 0 atom stereocenters. The van der Waals surface area contributed by atoms with Crippen LogP contribution in [0.1, 0.15) is 30.8 Å². The second kappa shape index (κ2) is 8.47. The van der Waals surface area contributed by atoms with E-state index in [0.29, 0.717) is 18.1 Å². The quantitative estimate of drug-likeness (QED) is 0.777. The molecule has 0 unspecified atom stereocenters. The Balaban J connectivity index is 2.79. The summed E-state index contributed by atoms with van der Waals surface area (Å²) in [5.74, 6) is 0.586. The molecular formula is C14H25N5O. The minimum absolute atomic E-state index is 0.0547. The van der Waals surface area contributed by atoms with Crippen molar-refractivity contribution in [3.05, 3.63) is 18.1 Å². The van der Waals surface area contributed by atoms with Crippen LogP contribution in [0.25, 0.3) is 0 Å². The second-order valence-electron chi connectivity index (χ2n) is 4.92. The first-order valence-electron chi connectivity index (χ1n) is 7.08. The molecule has 0 radical (unpaired) electrons. The van der Waals surface area contributed by atoms with E-state index in [1.165, 1.54) is 6.20 Å². The zero-order chi connectivity index (χ0) is 15.0. The maximum Gasteiger partial charge on any atom is 0.274 e. The van der Waals surface area contributed by atoms with Crippen LogP contribution in [0, 0.1) is 0 Å². The van der Waals surface area contributed by atoms with Gasteiger partial charge in [-0.3, -0.25) is 9.78 Å². The molecular weight excluding hydrogens is 254 g/mol. The molecule has 112 valence electrons. The Bertz CT molecular complexity index is 422. The Morgan fingerprint density at radius 2 is 1.95 bits per heavy atom. The van der Waals surface area contributed by atoms with Crippen LogP contribution in [-0.4, -0.2) is 65.9 Å². The lowest BCUT2D eigenvalue weighted by Gasteiger charge is -2.23. The summed E-state index contributed by atoms with van der Waals surface area (Å²) in [7, 11) is 4.00. The normalized spacial score (nSPS) is 10.7. The van der Waals surface area contributed by atoms with Gasteiger partial charge in [-0.2, -0.15) is 0 Å². The summed E-state index contributed by atoms with van der Waals surface area (Å²) in [4.78, 5) is 24.8. The van der Waals surface area contributed by atoms with E-state index in [0.717, 1.165) is 26.1 Å². The Morgan fingerprint density at radius 3 is 2.55 bits per heavy atom. The van der Waals surface area contributed by atoms with Gasteiger partial charge in [0.1, 0.15) is 11.5 Å². The van der Waals surface area contributed by atoms with Crippen LogP contribution >= 0.6 is 0 Å². The molecule has 0 bridgehead atoms. The van der Waals surface area contributed by atoms with Crippen LogP contribution in [0.2, 0.25) is 0 Å². The van der Waals surface area contributed by atoms with Crippen molar-refractivity contribution in [2.45, 2.75) is 20.3 Å². The lowest BCUT2D eigenvalue weighted by Crippen LogP contribution is -2.37. The van der Waals surface area contributed by atoms with E-state index in [2.05, 4.69) is 27.1 Å². The highest BCUT2D eigenvalue weighted by Crippen LogP contribution is 2.06. The lowest BCUT2D eigenvalue weighted by molar-refractivity contribution is 0.0738. The van der Waals surface area contributed by atoms with Gasteiger partial charge in [0.2, 0.25) is 0 Å². The summed E-state index contributed by atoms with van der Waals surface area (Å²) in [6, 6.07) is 0. The smallest absolute Gasteiger partial charge is 0.274 e. The largest absolute Gasteiger partial charge is 0.369 e. The number of carbonyl (C=O) groups is 1. The Morgan fingerprint density at radius 1 is 1.20 bits per heavy atom. The highest BCUT2D eigenvalue weighted by atomic mass is 16.2. The molecule has 1 amide bonds. The van der Waals surface area contributed by atoms with Crippen molar-refractivity contribution in [1.29, 1.82) is 0 Å². The van der Waals surface area contributed by atoms with Crippen molar-refractivity contribution in [2.24, 2.45) is 0 Å². The number of hydrogen-bond donors (Lipinski definition) is 1. The monoisotopic (exact) mass is 279 g/mol. The molecule has 0 saturated carbocycles. The zero-order valence-corrected chi connectivity index (χ0v) is 12.9. The van der Waals surface area contributed by atoms with Gasteiger partial charge in [0.15, 0.2) is 0 Å². The first kappa shape index (κ1) is 16.4. The van der Waals surface area contributed by atoms with E-state index >= 15 is 0 Å². The van der Waals surface area contributed by atoms with Crippen LogP contribution in [0.15, 0.2) is 12.4 Å². The molecule has 0 fully saturated rings. The molecule has 6 heteroatoms. The minimum atomic E-state index is -0.0547. The number of rotatable bonds is 8. The molecule has 1 aromatic rings. The van der Waals surface area contributed by atoms with Crippen LogP contribution < -0.4 is 5.32 Å². The molecule has 20 heavy (non-hydrogen) atoms. The van der Waals surface area contributed by atoms with Crippen molar-refractivity contribution in [1.82, 2.24) is 19.8 Å². The van der Waals surface area contributed by atoms with Crippen LogP contribution in [0.3, 0.4) is 0 Å². The Hall–Kier alpha value is -1.69. The number of aromatic nitrogens is 2. The molecule has 1 aromatic heterocycles. The van der Waals surface area contributed by atoms with Gasteiger partial charge in [0, 0.05) is 26.2 Å². The number of nitrogens with one attached hydrogen (secondary N) is 1. The predicted octanol–water partition coefficient (Wildman–Crippen LogP) is 1.32. The van der Waals surface area contributed by atoms with E-state index in [4.69, 9.17) is 0 Å². The average Bonchev–Trinajstić information content (AvgIpc) is 2.43. The summed E-state index contributed by atoms with van der Waals surface area (Å²) >= 11 is 0. The van der Waals surface area contributed by atoms with Crippen molar-refractivity contribution in [3.63, 3.8) is 0 Å². The molecule has 0 aliphatic carbocycles. The molecule has 0 aliphatic rings. The van der Waals surface area contributed by atoms with Gasteiger partial charge in [-0.25, -0.2) is 4.98 Å². The maximum absolute atomic E-state index is 12.5. The first-order chi connectivity index (χ1) is 9.58. The zero-order valence-electron chi connectivity index (χ0n) is 12.9. The summed E-state index contributed by atoms with van der Waals surface area (Å²) in [6.45, 7) is 7.08. The van der Waals surface area contributed by atoms with Gasteiger partial charge in [-0.15, -0.1) is 0 Å². The molecule has 0 aromatic carbocycles. The maximum atomic E-state index is 12.5. The van der Waals surface area contributed by atoms with Crippen LogP contribution in [-0.2, 0) is 0 Å². The van der Waals surface area contributed by atoms with E-state index in [1.807, 2.05) is 25.9 Å². The number of hydrogen-bond acceptors (Lipinski definition) is 5. The van der Waals surface area contributed by atoms with E-state index < -0.39 is 0 Å². The summed E-state index contributed by atoms with van der Waals surface area (Å²) < 4.78 is 0. The lowest BCUT2D eigenvalue weighted by atomic mass is 10.3. The summed E-state index contributed by atoms with van der Waals surface area (Å²) in [5.41, 5.74) is 0.399. The fourth-order valence-corrected chi connectivity index (χ4v) is 1.80. The van der Waals surface area contributed by atoms with E-state index in [1.54, 1.807) is 6.20 Å². The molecule has 6 nitrogen and oxygen atoms in total. The Labute approximate surface area is 121 Å². The summed E-state index contributed by atoms with van der Waals surface area (Å²) in [5, 5.41) is 3.07. The molecule has 0 saturated heterocycles. The Kier molecular flexibility index (Phi) is 6.93. The van der Waals surface area contributed by atoms with Crippen molar-refractivity contribution in [2.75, 3.05) is 45.6 Å². The molecule has 1 N–H and O–H groups in total. The number of anilines is 1. The van der Waals surface area contributed by atoms with E-state index in [-0.39, 0.29) is 5.91 Å². The third-order valence-electron chi connectivity index (χ3n) is 2.81. The van der Waals surface area contributed by atoms with Gasteiger partial charge in [-0.1, -0.05) is 6.92 Å². The second-order valence-corrected chi connectivity index (χ2v) is 4.92. The number of nitrogens with zero attached hydrogens (tertiary/aromatic N) is 4. The standard InChI is InChI=1S/C14H25N5O/c1-5-7-19(9-8-18(3)4)14(20)12-10-15-11-13(17-12)16-6-2/h10-11H,5-9H2,1-4H3,(H,16,17). The number of likely N-dealkylation sites (N-methyl/N-ethyl adjacent to an activating group) is 1. The van der Waals surface area contributed by atoms with Gasteiger partial charge >= 0.3 is 0 Å². The SMILES string of the molecule is CCCN(CCN(C)C)C(=O)c1cncc(NCC)n1. The topological polar surface area (TPSA) is 61.4 Å². The number of amides is 1. The molecule has 1 rings (SSSR count). The van der Waals surface area contributed by atoms with Gasteiger partial charge in [0.25, 0.3) is 5.91 Å². The van der Waals surface area contributed by atoms with Crippen molar-refractivity contribution >= 4 is 11.7 Å². The third-order valence-corrected chi connectivity index (χ3v) is 2.81. The number of carbonyl (C=O) groups excluding carboxylic acids is 1. The highest BCUT2D eigenvalue weighted by Gasteiger charge is 2.17. The van der Waals surface area contributed by atoms with E-state index in [9.17, 15) is 4.79 Å². The third kappa shape index (κ3) is 5.13. The van der Waals surface area contributed by atoms with Gasteiger partial charge in [0.05, 0.1) is 12.4 Å². The molecule has 1 heterocycles. The fourth-order valence-electron chi connectivity index (χ4n) is 1.80. The minimum Gasteiger partial charge on any atom is -0.369 e. The van der Waals surface area contributed by atoms with Crippen LogP contribution in [0.4, 0.5) is 5.82 Å². The van der Waals surface area contributed by atoms with Crippen molar-refractivity contribution < 1.29 is 4.79 Å². The van der Waals surface area contributed by atoms with Crippen molar-refractivity contribution in [3.8, 4) is 0 Å². The summed E-state index contributed by atoms with van der Waals surface area (Å²) in [6.07, 6.45) is 4.09. The van der Waals surface area contributed by atoms with Gasteiger partial charge < -0.3 is 15.1 Å². The first-order valence-corrected chi connectivity index (χ1v) is 7.08.